The van der Waals surface area contributed by atoms with Crippen molar-refractivity contribution in [3.05, 3.63) is 53.6 Å². The number of aliphatic carboxylic acids is 1. The van der Waals surface area contributed by atoms with E-state index in [1.807, 2.05) is 0 Å². The molecule has 2 aromatic rings. The van der Waals surface area contributed by atoms with Crippen LogP contribution in [0.3, 0.4) is 0 Å². The predicted octanol–water partition coefficient (Wildman–Crippen LogP) is 1.32. The average molecular weight is 358 g/mol. The lowest BCUT2D eigenvalue weighted by Crippen LogP contribution is -2.34. The van der Waals surface area contributed by atoms with Crippen LogP contribution in [-0.4, -0.2) is 33.2 Å². The van der Waals surface area contributed by atoms with Gasteiger partial charge in [0.1, 0.15) is 5.75 Å². The summed E-state index contributed by atoms with van der Waals surface area (Å²) in [6.07, 6.45) is -0.356. The second-order valence-electron chi connectivity index (χ2n) is 5.45. The third kappa shape index (κ3) is 4.66. The zero-order valence-corrected chi connectivity index (χ0v) is 14.8. The summed E-state index contributed by atoms with van der Waals surface area (Å²) < 4.78 is 15.4. The van der Waals surface area contributed by atoms with Crippen molar-refractivity contribution in [1.82, 2.24) is 5.32 Å². The Kier molecular flexibility index (Phi) is 6.43. The number of carboxylic acid groups (broad SMARTS) is 1. The molecular formula is C19H20NO6-. The van der Waals surface area contributed by atoms with Crippen LogP contribution in [0, 0.1) is 0 Å². The molecule has 1 N–H and O–H groups in total. The number of ether oxygens (including phenoxy) is 3. The fourth-order valence-corrected chi connectivity index (χ4v) is 2.47. The van der Waals surface area contributed by atoms with E-state index in [4.69, 9.17) is 14.2 Å². The summed E-state index contributed by atoms with van der Waals surface area (Å²) in [5.74, 6) is -0.176. The number of hydrogen-bond donors (Lipinski definition) is 1. The fourth-order valence-electron chi connectivity index (χ4n) is 2.47. The van der Waals surface area contributed by atoms with E-state index in [9.17, 15) is 14.7 Å². The first-order valence-corrected chi connectivity index (χ1v) is 7.85. The summed E-state index contributed by atoms with van der Waals surface area (Å²) in [6, 6.07) is 10.7. The quantitative estimate of drug-likeness (QED) is 0.764. The van der Waals surface area contributed by atoms with Crippen molar-refractivity contribution in [2.45, 2.75) is 12.5 Å². The molecule has 0 saturated carbocycles. The third-order valence-corrected chi connectivity index (χ3v) is 3.84. The van der Waals surface area contributed by atoms with E-state index in [0.717, 1.165) is 0 Å². The first kappa shape index (κ1) is 19.1. The second kappa shape index (κ2) is 8.75. The number of nitrogens with one attached hydrogen (secondary N) is 1. The van der Waals surface area contributed by atoms with E-state index in [-0.39, 0.29) is 6.42 Å². The minimum atomic E-state index is -1.27. The van der Waals surface area contributed by atoms with Crippen LogP contribution in [0.2, 0.25) is 0 Å². The molecule has 0 aliphatic heterocycles. The van der Waals surface area contributed by atoms with Crippen molar-refractivity contribution >= 4 is 11.9 Å². The maximum absolute atomic E-state index is 12.6. The van der Waals surface area contributed by atoms with Crippen LogP contribution in [0.5, 0.6) is 17.2 Å². The second-order valence-corrected chi connectivity index (χ2v) is 5.45. The van der Waals surface area contributed by atoms with Crippen LogP contribution in [0.4, 0.5) is 0 Å². The molecule has 7 nitrogen and oxygen atoms in total. The molecule has 0 bridgehead atoms. The molecule has 1 amide bonds. The van der Waals surface area contributed by atoms with Gasteiger partial charge in [0.2, 0.25) is 0 Å². The molecule has 7 heteroatoms. The molecular weight excluding hydrogens is 338 g/mol. The fraction of sp³-hybridized carbons (Fsp3) is 0.263. The van der Waals surface area contributed by atoms with Crippen molar-refractivity contribution in [2.75, 3.05) is 21.3 Å². The summed E-state index contributed by atoms with van der Waals surface area (Å²) in [7, 11) is 4.50. The normalized spacial score (nSPS) is 11.3. The van der Waals surface area contributed by atoms with Gasteiger partial charge in [0.05, 0.1) is 27.4 Å². The number of carbonyl (C=O) groups excluding carboxylic acids is 2. The maximum atomic E-state index is 12.6. The van der Waals surface area contributed by atoms with E-state index in [1.165, 1.54) is 27.4 Å². The average Bonchev–Trinajstić information content (AvgIpc) is 2.66. The summed E-state index contributed by atoms with van der Waals surface area (Å²) in [4.78, 5) is 23.6. The van der Waals surface area contributed by atoms with Gasteiger partial charge >= 0.3 is 0 Å². The minimum absolute atomic E-state index is 0.319. The molecule has 26 heavy (non-hydrogen) atoms. The Labute approximate surface area is 151 Å². The Morgan fingerprint density at radius 1 is 0.962 bits per heavy atom. The lowest BCUT2D eigenvalue weighted by Gasteiger charge is -2.20. The molecule has 0 radical (unpaired) electrons. The van der Waals surface area contributed by atoms with Gasteiger partial charge in [-0.05, 0) is 35.9 Å². The standard InChI is InChI=1S/C19H21NO6/c1-24-14-7-4-12(5-8-14)15(11-18(21)22)20-19(23)13-6-9-16(25-2)17(10-13)26-3/h4-10,15H,11H2,1-3H3,(H,20,23)(H,21,22)/p-1/t15-/m0/s1. The Hall–Kier alpha value is -3.22. The number of carbonyl (C=O) groups is 2. The van der Waals surface area contributed by atoms with E-state index >= 15 is 0 Å². The van der Waals surface area contributed by atoms with Gasteiger partial charge in [0.25, 0.3) is 5.91 Å². The van der Waals surface area contributed by atoms with E-state index in [2.05, 4.69) is 5.32 Å². The lowest BCUT2D eigenvalue weighted by molar-refractivity contribution is -0.306. The molecule has 1 atom stereocenters. The van der Waals surface area contributed by atoms with E-state index < -0.39 is 17.9 Å². The van der Waals surface area contributed by atoms with Gasteiger partial charge in [-0.1, -0.05) is 12.1 Å². The molecule has 0 aliphatic carbocycles. The Morgan fingerprint density at radius 2 is 1.62 bits per heavy atom. The van der Waals surface area contributed by atoms with Crippen molar-refractivity contribution in [2.24, 2.45) is 0 Å². The lowest BCUT2D eigenvalue weighted by atomic mass is 10.0. The van der Waals surface area contributed by atoms with Crippen LogP contribution in [0.1, 0.15) is 28.4 Å². The maximum Gasteiger partial charge on any atom is 0.251 e. The van der Waals surface area contributed by atoms with E-state index in [0.29, 0.717) is 28.4 Å². The van der Waals surface area contributed by atoms with Crippen LogP contribution < -0.4 is 24.6 Å². The molecule has 0 fully saturated rings. The third-order valence-electron chi connectivity index (χ3n) is 3.84. The molecule has 138 valence electrons. The molecule has 0 aliphatic rings. The number of methoxy groups -OCH3 is 3. The minimum Gasteiger partial charge on any atom is -0.550 e. The van der Waals surface area contributed by atoms with Crippen LogP contribution >= 0.6 is 0 Å². The van der Waals surface area contributed by atoms with Crippen molar-refractivity contribution in [1.29, 1.82) is 0 Å². The highest BCUT2D eigenvalue weighted by molar-refractivity contribution is 5.95. The van der Waals surface area contributed by atoms with Crippen LogP contribution in [-0.2, 0) is 4.79 Å². The van der Waals surface area contributed by atoms with Crippen molar-refractivity contribution in [3.63, 3.8) is 0 Å². The Morgan fingerprint density at radius 3 is 2.15 bits per heavy atom. The molecule has 0 spiro atoms. The van der Waals surface area contributed by atoms with Gasteiger partial charge < -0.3 is 29.4 Å². The number of benzene rings is 2. The highest BCUT2D eigenvalue weighted by Gasteiger charge is 2.18. The zero-order valence-electron chi connectivity index (χ0n) is 14.8. The molecule has 0 saturated heterocycles. The van der Waals surface area contributed by atoms with Crippen molar-refractivity contribution in [3.8, 4) is 17.2 Å². The van der Waals surface area contributed by atoms with Crippen LogP contribution in [0.25, 0.3) is 0 Å². The van der Waals surface area contributed by atoms with Gasteiger partial charge in [-0.2, -0.15) is 0 Å². The summed E-state index contributed by atoms with van der Waals surface area (Å²) in [5.41, 5.74) is 0.948. The van der Waals surface area contributed by atoms with Crippen LogP contribution in [0.15, 0.2) is 42.5 Å². The molecule has 0 aromatic heterocycles. The summed E-state index contributed by atoms with van der Waals surface area (Å²) in [5, 5.41) is 13.8. The summed E-state index contributed by atoms with van der Waals surface area (Å²) in [6.45, 7) is 0. The van der Waals surface area contributed by atoms with Gasteiger partial charge in [-0.3, -0.25) is 4.79 Å². The van der Waals surface area contributed by atoms with E-state index in [1.54, 1.807) is 36.4 Å². The van der Waals surface area contributed by atoms with Crippen molar-refractivity contribution < 1.29 is 28.9 Å². The first-order valence-electron chi connectivity index (χ1n) is 7.85. The van der Waals surface area contributed by atoms with Gasteiger partial charge in [0.15, 0.2) is 11.5 Å². The smallest absolute Gasteiger partial charge is 0.251 e. The van der Waals surface area contributed by atoms with Gasteiger partial charge in [-0.25, -0.2) is 0 Å². The Bertz CT molecular complexity index is 772. The first-order chi connectivity index (χ1) is 12.5. The number of rotatable bonds is 8. The number of hydrogen-bond acceptors (Lipinski definition) is 6. The highest BCUT2D eigenvalue weighted by Crippen LogP contribution is 2.28. The largest absolute Gasteiger partial charge is 0.550 e. The SMILES string of the molecule is COc1ccc([C@H](CC(=O)[O-])NC(=O)c2ccc(OC)c(OC)c2)cc1. The Balaban J connectivity index is 2.24. The summed E-state index contributed by atoms with van der Waals surface area (Å²) >= 11 is 0. The topological polar surface area (TPSA) is 96.9 Å². The van der Waals surface area contributed by atoms with Gasteiger partial charge in [0, 0.05) is 18.0 Å². The highest BCUT2D eigenvalue weighted by atomic mass is 16.5. The predicted molar refractivity (Wildman–Crippen MR) is 92.4 cm³/mol. The number of carboxylic acids is 1. The molecule has 0 unspecified atom stereocenters. The van der Waals surface area contributed by atoms with Gasteiger partial charge in [-0.15, -0.1) is 0 Å². The monoisotopic (exact) mass is 358 g/mol. The zero-order chi connectivity index (χ0) is 19.1. The molecule has 2 rings (SSSR count). The molecule has 2 aromatic carbocycles. The number of amides is 1. The molecule has 0 heterocycles.